The molecule has 1 atom stereocenters. The zero-order chi connectivity index (χ0) is 14.9. The molecule has 0 radical (unpaired) electrons. The Labute approximate surface area is 123 Å². The smallest absolute Gasteiger partial charge is 0.310 e. The van der Waals surface area contributed by atoms with E-state index in [-0.39, 0.29) is 0 Å². The van der Waals surface area contributed by atoms with Crippen molar-refractivity contribution in [1.82, 2.24) is 19.3 Å². The van der Waals surface area contributed by atoms with Crippen molar-refractivity contribution >= 4 is 11.7 Å². The van der Waals surface area contributed by atoms with Gasteiger partial charge in [-0.1, -0.05) is 13.3 Å². The highest BCUT2D eigenvalue weighted by Crippen LogP contribution is 2.36. The van der Waals surface area contributed by atoms with E-state index >= 15 is 0 Å². The van der Waals surface area contributed by atoms with Crippen molar-refractivity contribution in [2.45, 2.75) is 32.7 Å². The Bertz CT molecular complexity index is 621. The molecule has 1 N–H and O–H groups in total. The Morgan fingerprint density at radius 3 is 3.10 bits per heavy atom. The minimum Gasteiger partial charge on any atom is -0.481 e. The molecule has 0 amide bonds. The molecule has 21 heavy (non-hydrogen) atoms. The van der Waals surface area contributed by atoms with Crippen LogP contribution in [0.15, 0.2) is 24.7 Å². The summed E-state index contributed by atoms with van der Waals surface area (Å²) in [5.41, 5.74) is 0.359. The van der Waals surface area contributed by atoms with E-state index in [0.29, 0.717) is 18.9 Å². The van der Waals surface area contributed by atoms with Crippen LogP contribution in [0.1, 0.15) is 31.9 Å². The lowest BCUT2D eigenvalue weighted by molar-refractivity contribution is -0.148. The third kappa shape index (κ3) is 2.63. The fourth-order valence-electron chi connectivity index (χ4n) is 3.24. The molecule has 0 saturated carbocycles. The van der Waals surface area contributed by atoms with Crippen LogP contribution in [0.3, 0.4) is 0 Å². The first-order valence-electron chi connectivity index (χ1n) is 7.37. The molecule has 1 saturated heterocycles. The maximum atomic E-state index is 11.6. The van der Waals surface area contributed by atoms with Crippen LogP contribution in [0.5, 0.6) is 0 Å². The van der Waals surface area contributed by atoms with Crippen LogP contribution >= 0.6 is 0 Å². The van der Waals surface area contributed by atoms with Crippen molar-refractivity contribution in [3.63, 3.8) is 0 Å². The third-order valence-electron chi connectivity index (χ3n) is 4.29. The first-order chi connectivity index (χ1) is 10.1. The van der Waals surface area contributed by atoms with Crippen LogP contribution in [-0.2, 0) is 11.3 Å². The first-order valence-corrected chi connectivity index (χ1v) is 7.37. The number of carboxylic acids is 1. The number of nitrogens with zero attached hydrogens (tertiary/aromatic N) is 4. The van der Waals surface area contributed by atoms with E-state index in [0.717, 1.165) is 31.5 Å². The SMILES string of the molecule is CCCC1(C(=O)O)CCN(Cc2cn3cccnc3n2)C1. The molecule has 1 aliphatic rings. The molecule has 3 heterocycles. The summed E-state index contributed by atoms with van der Waals surface area (Å²) in [5, 5.41) is 9.54. The van der Waals surface area contributed by atoms with Crippen LogP contribution in [0.2, 0.25) is 0 Å². The van der Waals surface area contributed by atoms with Gasteiger partial charge in [0.2, 0.25) is 5.78 Å². The van der Waals surface area contributed by atoms with Gasteiger partial charge in [0.05, 0.1) is 11.1 Å². The van der Waals surface area contributed by atoms with Crippen molar-refractivity contribution in [1.29, 1.82) is 0 Å². The number of carboxylic acid groups (broad SMARTS) is 1. The molecular weight excluding hydrogens is 268 g/mol. The van der Waals surface area contributed by atoms with Crippen LogP contribution in [0, 0.1) is 5.41 Å². The number of aromatic nitrogens is 3. The number of fused-ring (bicyclic) bond motifs is 1. The molecule has 1 fully saturated rings. The second-order valence-corrected chi connectivity index (χ2v) is 5.86. The zero-order valence-corrected chi connectivity index (χ0v) is 12.2. The normalized spacial score (nSPS) is 22.9. The number of rotatable bonds is 5. The van der Waals surface area contributed by atoms with Gasteiger partial charge in [0, 0.05) is 31.7 Å². The Hall–Kier alpha value is -1.95. The van der Waals surface area contributed by atoms with Crippen LogP contribution in [0.25, 0.3) is 5.78 Å². The molecule has 2 aromatic heterocycles. The van der Waals surface area contributed by atoms with Gasteiger partial charge >= 0.3 is 5.97 Å². The Balaban J connectivity index is 1.73. The van der Waals surface area contributed by atoms with Gasteiger partial charge < -0.3 is 5.11 Å². The summed E-state index contributed by atoms with van der Waals surface area (Å²) in [7, 11) is 0. The fraction of sp³-hybridized carbons (Fsp3) is 0.533. The number of likely N-dealkylation sites (tertiary alicyclic amines) is 1. The van der Waals surface area contributed by atoms with E-state index < -0.39 is 11.4 Å². The molecule has 1 unspecified atom stereocenters. The Morgan fingerprint density at radius 1 is 1.52 bits per heavy atom. The largest absolute Gasteiger partial charge is 0.481 e. The summed E-state index contributed by atoms with van der Waals surface area (Å²) in [6.45, 7) is 4.15. The van der Waals surface area contributed by atoms with Gasteiger partial charge in [0.1, 0.15) is 0 Å². The number of carbonyl (C=O) groups is 1. The van der Waals surface area contributed by atoms with Gasteiger partial charge in [-0.25, -0.2) is 9.97 Å². The number of aliphatic carboxylic acids is 1. The van der Waals surface area contributed by atoms with Crippen molar-refractivity contribution in [3.8, 4) is 0 Å². The molecule has 112 valence electrons. The lowest BCUT2D eigenvalue weighted by atomic mass is 9.83. The Kier molecular flexibility index (Phi) is 3.63. The van der Waals surface area contributed by atoms with Gasteiger partial charge in [-0.05, 0) is 25.5 Å². The average molecular weight is 288 g/mol. The van der Waals surface area contributed by atoms with Crippen molar-refractivity contribution in [3.05, 3.63) is 30.4 Å². The van der Waals surface area contributed by atoms with Gasteiger partial charge in [-0.15, -0.1) is 0 Å². The summed E-state index contributed by atoms with van der Waals surface area (Å²) in [4.78, 5) is 22.5. The van der Waals surface area contributed by atoms with E-state index in [1.807, 2.05) is 29.8 Å². The van der Waals surface area contributed by atoms with Gasteiger partial charge in [-0.3, -0.25) is 14.1 Å². The Morgan fingerprint density at radius 2 is 2.38 bits per heavy atom. The molecule has 0 spiro atoms. The highest BCUT2D eigenvalue weighted by atomic mass is 16.4. The summed E-state index contributed by atoms with van der Waals surface area (Å²) < 4.78 is 1.89. The lowest BCUT2D eigenvalue weighted by Crippen LogP contribution is -2.34. The summed E-state index contributed by atoms with van der Waals surface area (Å²) in [6.07, 6.45) is 7.97. The quantitative estimate of drug-likeness (QED) is 0.908. The van der Waals surface area contributed by atoms with E-state index in [4.69, 9.17) is 0 Å². The van der Waals surface area contributed by atoms with E-state index in [1.54, 1.807) is 6.20 Å². The lowest BCUT2D eigenvalue weighted by Gasteiger charge is -2.23. The van der Waals surface area contributed by atoms with Gasteiger partial charge in [0.25, 0.3) is 0 Å². The van der Waals surface area contributed by atoms with E-state index in [9.17, 15) is 9.90 Å². The zero-order valence-electron chi connectivity index (χ0n) is 12.2. The second-order valence-electron chi connectivity index (χ2n) is 5.86. The minimum atomic E-state index is -0.663. The van der Waals surface area contributed by atoms with E-state index in [1.165, 1.54) is 0 Å². The van der Waals surface area contributed by atoms with Crippen LogP contribution in [-0.4, -0.2) is 43.4 Å². The molecule has 0 bridgehead atoms. The average Bonchev–Trinajstić information content (AvgIpc) is 3.04. The monoisotopic (exact) mass is 288 g/mol. The third-order valence-corrected chi connectivity index (χ3v) is 4.29. The predicted octanol–water partition coefficient (Wildman–Crippen LogP) is 1.81. The maximum absolute atomic E-state index is 11.6. The van der Waals surface area contributed by atoms with Crippen molar-refractivity contribution in [2.75, 3.05) is 13.1 Å². The van der Waals surface area contributed by atoms with Gasteiger partial charge in [0.15, 0.2) is 0 Å². The van der Waals surface area contributed by atoms with Crippen molar-refractivity contribution < 1.29 is 9.90 Å². The summed E-state index contributed by atoms with van der Waals surface area (Å²) >= 11 is 0. The van der Waals surface area contributed by atoms with Crippen LogP contribution in [0.4, 0.5) is 0 Å². The first kappa shape index (κ1) is 14.0. The summed E-state index contributed by atoms with van der Waals surface area (Å²) in [5.74, 6) is 0.0215. The highest BCUT2D eigenvalue weighted by molar-refractivity contribution is 5.75. The molecule has 6 nitrogen and oxygen atoms in total. The molecule has 0 aromatic carbocycles. The molecular formula is C15H20N4O2. The maximum Gasteiger partial charge on any atom is 0.310 e. The topological polar surface area (TPSA) is 70.7 Å². The number of imidazole rings is 1. The molecule has 2 aromatic rings. The van der Waals surface area contributed by atoms with Crippen molar-refractivity contribution in [2.24, 2.45) is 5.41 Å². The van der Waals surface area contributed by atoms with Gasteiger partial charge in [-0.2, -0.15) is 0 Å². The molecule has 1 aliphatic heterocycles. The fourth-order valence-corrected chi connectivity index (χ4v) is 3.24. The molecule has 6 heteroatoms. The summed E-state index contributed by atoms with van der Waals surface area (Å²) in [6, 6.07) is 1.87. The molecule has 3 rings (SSSR count). The minimum absolute atomic E-state index is 0.577. The predicted molar refractivity (Wildman–Crippen MR) is 77.9 cm³/mol. The number of hydrogen-bond acceptors (Lipinski definition) is 4. The van der Waals surface area contributed by atoms with Crippen LogP contribution < -0.4 is 0 Å². The highest BCUT2D eigenvalue weighted by Gasteiger charge is 2.43. The molecule has 0 aliphatic carbocycles. The van der Waals surface area contributed by atoms with E-state index in [2.05, 4.69) is 14.9 Å². The number of hydrogen-bond donors (Lipinski definition) is 1. The second kappa shape index (κ2) is 5.44. The standard InChI is InChI=1S/C15H20N4O2/c1-2-4-15(13(20)21)5-8-18(11-15)9-12-10-19-7-3-6-16-14(19)17-12/h3,6-7,10H,2,4-5,8-9,11H2,1H3,(H,20,21).